The number of hydrogen-bond donors (Lipinski definition) is 3. The highest BCUT2D eigenvalue weighted by Gasteiger charge is 2.10. The van der Waals surface area contributed by atoms with E-state index in [1.54, 1.807) is 0 Å². The van der Waals surface area contributed by atoms with Gasteiger partial charge in [0, 0.05) is 25.0 Å². The van der Waals surface area contributed by atoms with Crippen LogP contribution in [0, 0.1) is 0 Å². The van der Waals surface area contributed by atoms with Crippen molar-refractivity contribution in [1.29, 1.82) is 0 Å². The van der Waals surface area contributed by atoms with Crippen LogP contribution in [-0.4, -0.2) is 29.2 Å². The largest absolute Gasteiger partial charge is 0.378 e. The van der Waals surface area contributed by atoms with E-state index in [1.165, 1.54) is 11.1 Å². The highest BCUT2D eigenvalue weighted by molar-refractivity contribution is 5.79. The van der Waals surface area contributed by atoms with Crippen molar-refractivity contribution in [1.82, 2.24) is 15.1 Å². The van der Waals surface area contributed by atoms with Gasteiger partial charge >= 0.3 is 0 Å². The number of H-pyrrole nitrogens is 1. The fraction of sp³-hybridized carbons (Fsp3) is 0.190. The van der Waals surface area contributed by atoms with Crippen molar-refractivity contribution in [2.75, 3.05) is 24.7 Å². The highest BCUT2D eigenvalue weighted by atomic mass is 15.2. The summed E-state index contributed by atoms with van der Waals surface area (Å²) in [6, 6.07) is 18.6. The summed E-state index contributed by atoms with van der Waals surface area (Å²) in [5.74, 6) is 0. The second-order valence-corrected chi connectivity index (χ2v) is 6.53. The molecule has 1 aromatic heterocycles. The molecule has 0 unspecified atom stereocenters. The first-order valence-electron chi connectivity index (χ1n) is 8.63. The minimum atomic E-state index is 0.735. The first-order chi connectivity index (χ1) is 12.6. The molecule has 0 atom stereocenters. The zero-order valence-corrected chi connectivity index (χ0v) is 15.3. The monoisotopic (exact) mass is 347 g/mol. The van der Waals surface area contributed by atoms with Gasteiger partial charge in [0.1, 0.15) is 5.69 Å². The van der Waals surface area contributed by atoms with Crippen molar-refractivity contribution < 1.29 is 0 Å². The molecule has 5 nitrogen and oxygen atoms in total. The molecule has 0 amide bonds. The Morgan fingerprint density at radius 2 is 1.85 bits per heavy atom. The van der Waals surface area contributed by atoms with Gasteiger partial charge in [-0.25, -0.2) is 0 Å². The molecule has 3 N–H and O–H groups in total. The normalized spacial score (nSPS) is 10.7. The molecule has 26 heavy (non-hydrogen) atoms. The lowest BCUT2D eigenvalue weighted by Crippen LogP contribution is -2.10. The number of rotatable bonds is 8. The number of hydrogen-bond acceptors (Lipinski definition) is 4. The molecule has 0 bridgehead atoms. The molecule has 1 heterocycles. The Morgan fingerprint density at radius 1 is 1.08 bits per heavy atom. The van der Waals surface area contributed by atoms with Gasteiger partial charge in [0.15, 0.2) is 0 Å². The van der Waals surface area contributed by atoms with E-state index in [9.17, 15) is 0 Å². The number of nitrogens with zero attached hydrogens (tertiary/aromatic N) is 2. The van der Waals surface area contributed by atoms with Crippen LogP contribution in [0.3, 0.4) is 0 Å². The maximum Gasteiger partial charge on any atom is 0.131 e. The molecular formula is C21H25N5. The van der Waals surface area contributed by atoms with Crippen LogP contribution in [-0.2, 0) is 13.1 Å². The molecule has 0 aliphatic rings. The zero-order valence-electron chi connectivity index (χ0n) is 15.3. The van der Waals surface area contributed by atoms with Crippen molar-refractivity contribution in [3.8, 4) is 0 Å². The number of aromatic amines is 1. The second kappa shape index (κ2) is 8.36. The molecule has 134 valence electrons. The summed E-state index contributed by atoms with van der Waals surface area (Å²) in [4.78, 5) is 2.15. The van der Waals surface area contributed by atoms with Crippen LogP contribution in [0.1, 0.15) is 16.8 Å². The highest BCUT2D eigenvalue weighted by Crippen LogP contribution is 2.23. The fourth-order valence-electron chi connectivity index (χ4n) is 2.79. The van der Waals surface area contributed by atoms with Crippen LogP contribution in [0.5, 0.6) is 0 Å². The fourth-order valence-corrected chi connectivity index (χ4v) is 2.79. The van der Waals surface area contributed by atoms with E-state index in [4.69, 9.17) is 0 Å². The van der Waals surface area contributed by atoms with E-state index in [1.807, 2.05) is 36.5 Å². The maximum atomic E-state index is 4.34. The summed E-state index contributed by atoms with van der Waals surface area (Å²) in [6.45, 7) is 5.79. The average molecular weight is 347 g/mol. The van der Waals surface area contributed by atoms with Gasteiger partial charge in [-0.2, -0.15) is 5.10 Å². The first-order valence-corrected chi connectivity index (χ1v) is 8.63. The third-order valence-electron chi connectivity index (χ3n) is 3.97. The Balaban J connectivity index is 1.66. The first kappa shape index (κ1) is 17.8. The maximum absolute atomic E-state index is 4.34. The summed E-state index contributed by atoms with van der Waals surface area (Å²) in [5, 5.41) is 14.0. The Hall–Kier alpha value is -3.05. The van der Waals surface area contributed by atoms with E-state index in [2.05, 4.69) is 70.7 Å². The predicted molar refractivity (Wildman–Crippen MR) is 109 cm³/mol. The van der Waals surface area contributed by atoms with Crippen molar-refractivity contribution in [2.24, 2.45) is 0 Å². The molecule has 0 aliphatic heterocycles. The molecule has 0 saturated carbocycles. The van der Waals surface area contributed by atoms with E-state index in [0.717, 1.165) is 35.9 Å². The van der Waals surface area contributed by atoms with Gasteiger partial charge in [0.2, 0.25) is 0 Å². The van der Waals surface area contributed by atoms with E-state index in [0.29, 0.717) is 0 Å². The van der Waals surface area contributed by atoms with E-state index < -0.39 is 0 Å². The molecule has 0 aliphatic carbocycles. The van der Waals surface area contributed by atoms with E-state index in [-0.39, 0.29) is 0 Å². The molecule has 0 radical (unpaired) electrons. The Labute approximate surface area is 154 Å². The number of nitrogens with one attached hydrogen (secondary N) is 3. The standard InChI is InChI=1S/C21H25N5/c1-16(24-19-11-7-10-18(12-19)15-26(2)3)21-20(14-23-25-21)22-13-17-8-5-4-6-9-17/h4-12,14,22,24H,1,13,15H2,2-3H3,(H,23,25). The lowest BCUT2D eigenvalue weighted by Gasteiger charge is -2.13. The van der Waals surface area contributed by atoms with Crippen LogP contribution in [0.15, 0.2) is 67.4 Å². The SMILES string of the molecule is C=C(Nc1cccc(CN(C)C)c1)c1n[nH]cc1NCc1ccccc1. The van der Waals surface area contributed by atoms with Crippen LogP contribution in [0.4, 0.5) is 11.4 Å². The third-order valence-corrected chi connectivity index (χ3v) is 3.97. The summed E-state index contributed by atoms with van der Waals surface area (Å²) >= 11 is 0. The molecule has 0 fully saturated rings. The van der Waals surface area contributed by atoms with Gasteiger partial charge in [0.25, 0.3) is 0 Å². The minimum Gasteiger partial charge on any atom is -0.378 e. The Bertz CT molecular complexity index is 852. The molecule has 0 saturated heterocycles. The summed E-state index contributed by atoms with van der Waals surface area (Å²) in [7, 11) is 4.13. The van der Waals surface area contributed by atoms with Gasteiger partial charge in [-0.05, 0) is 37.4 Å². The second-order valence-electron chi connectivity index (χ2n) is 6.53. The van der Waals surface area contributed by atoms with Crippen LogP contribution >= 0.6 is 0 Å². The van der Waals surface area contributed by atoms with Gasteiger partial charge in [0.05, 0.1) is 11.4 Å². The summed E-state index contributed by atoms with van der Waals surface area (Å²) in [5.41, 5.74) is 5.94. The van der Waals surface area contributed by atoms with Gasteiger partial charge in [-0.1, -0.05) is 49.0 Å². The van der Waals surface area contributed by atoms with Crippen LogP contribution in [0.25, 0.3) is 5.70 Å². The molecule has 3 rings (SSSR count). The van der Waals surface area contributed by atoms with Gasteiger partial charge < -0.3 is 15.5 Å². The number of aromatic nitrogens is 2. The lowest BCUT2D eigenvalue weighted by atomic mass is 10.2. The lowest BCUT2D eigenvalue weighted by molar-refractivity contribution is 0.402. The molecule has 5 heteroatoms. The molecule has 3 aromatic rings. The van der Waals surface area contributed by atoms with Crippen molar-refractivity contribution in [3.05, 3.63) is 84.2 Å². The van der Waals surface area contributed by atoms with E-state index >= 15 is 0 Å². The van der Waals surface area contributed by atoms with Crippen molar-refractivity contribution >= 4 is 17.1 Å². The van der Waals surface area contributed by atoms with Gasteiger partial charge in [-0.15, -0.1) is 0 Å². The van der Waals surface area contributed by atoms with Crippen LogP contribution in [0.2, 0.25) is 0 Å². The topological polar surface area (TPSA) is 56.0 Å². The van der Waals surface area contributed by atoms with Crippen molar-refractivity contribution in [2.45, 2.75) is 13.1 Å². The molecular weight excluding hydrogens is 322 g/mol. The zero-order chi connectivity index (χ0) is 18.4. The summed E-state index contributed by atoms with van der Waals surface area (Å²) in [6.07, 6.45) is 1.85. The van der Waals surface area contributed by atoms with Gasteiger partial charge in [-0.3, -0.25) is 5.10 Å². The smallest absolute Gasteiger partial charge is 0.131 e. The average Bonchev–Trinajstić information content (AvgIpc) is 3.09. The molecule has 2 aromatic carbocycles. The number of benzene rings is 2. The number of anilines is 2. The third kappa shape index (κ3) is 4.74. The Morgan fingerprint density at radius 3 is 2.62 bits per heavy atom. The quantitative estimate of drug-likeness (QED) is 0.572. The van der Waals surface area contributed by atoms with Crippen molar-refractivity contribution in [3.63, 3.8) is 0 Å². The summed E-state index contributed by atoms with van der Waals surface area (Å²) < 4.78 is 0. The Kier molecular flexibility index (Phi) is 5.71. The predicted octanol–water partition coefficient (Wildman–Crippen LogP) is 4.17. The molecule has 0 spiro atoms. The van der Waals surface area contributed by atoms with Crippen LogP contribution < -0.4 is 10.6 Å². The minimum absolute atomic E-state index is 0.735.